The highest BCUT2D eigenvalue weighted by Gasteiger charge is 2.38. The lowest BCUT2D eigenvalue weighted by atomic mass is 9.94. The third kappa shape index (κ3) is 5.40. The molecule has 0 radical (unpaired) electrons. The molecule has 1 atom stereocenters. The van der Waals surface area contributed by atoms with Crippen molar-refractivity contribution >= 4 is 36.4 Å². The van der Waals surface area contributed by atoms with Gasteiger partial charge in [0.25, 0.3) is 0 Å². The van der Waals surface area contributed by atoms with Crippen LogP contribution >= 0.6 is 36.4 Å². The molecule has 0 bridgehead atoms. The molecule has 1 heterocycles. The molecule has 0 spiro atoms. The Labute approximate surface area is 157 Å². The van der Waals surface area contributed by atoms with Crippen LogP contribution in [-0.4, -0.2) is 31.1 Å². The number of nitrogens with one attached hydrogen (secondary N) is 1. The Kier molecular flexibility index (Phi) is 8.14. The summed E-state index contributed by atoms with van der Waals surface area (Å²) in [5.41, 5.74) is -0.199. The normalized spacial score (nSPS) is 20.0. The molecule has 1 aliphatic carbocycles. The summed E-state index contributed by atoms with van der Waals surface area (Å²) in [5, 5.41) is 3.40. The van der Waals surface area contributed by atoms with Crippen LogP contribution in [0.4, 0.5) is 13.2 Å². The van der Waals surface area contributed by atoms with E-state index in [-0.39, 0.29) is 35.9 Å². The van der Waals surface area contributed by atoms with E-state index in [9.17, 15) is 13.2 Å². The molecule has 1 N–H and O–H groups in total. The number of nitrogens with zero attached hydrogens (tertiary/aromatic N) is 1. The fraction of sp³-hybridized carbons (Fsp3) is 0.625. The molecule has 0 unspecified atom stereocenters. The van der Waals surface area contributed by atoms with Crippen molar-refractivity contribution in [2.24, 2.45) is 5.92 Å². The van der Waals surface area contributed by atoms with E-state index in [0.717, 1.165) is 51.5 Å². The monoisotopic (exact) mass is 404 g/mol. The first-order valence-corrected chi connectivity index (χ1v) is 8.14. The number of hydrogen-bond donors (Lipinski definition) is 1. The lowest BCUT2D eigenvalue weighted by Crippen LogP contribution is -2.45. The highest BCUT2D eigenvalue weighted by molar-refractivity contribution is 6.30. The molecule has 2 aliphatic rings. The van der Waals surface area contributed by atoms with Gasteiger partial charge >= 0.3 is 6.18 Å². The zero-order valence-electron chi connectivity index (χ0n) is 13.1. The van der Waals surface area contributed by atoms with Crippen LogP contribution in [-0.2, 0) is 6.18 Å². The van der Waals surface area contributed by atoms with E-state index >= 15 is 0 Å². The van der Waals surface area contributed by atoms with Crippen molar-refractivity contribution in [3.05, 3.63) is 34.3 Å². The molecule has 1 aromatic carbocycles. The van der Waals surface area contributed by atoms with Crippen LogP contribution < -0.4 is 5.32 Å². The first-order valence-electron chi connectivity index (χ1n) is 7.76. The van der Waals surface area contributed by atoms with Gasteiger partial charge in [-0.15, -0.1) is 24.8 Å². The highest BCUT2D eigenvalue weighted by atomic mass is 35.5. The molecule has 3 rings (SSSR count). The Morgan fingerprint density at radius 2 is 1.79 bits per heavy atom. The summed E-state index contributed by atoms with van der Waals surface area (Å²) >= 11 is 5.81. The number of hydrogen-bond acceptors (Lipinski definition) is 2. The second-order valence-electron chi connectivity index (χ2n) is 6.21. The molecule has 1 saturated carbocycles. The van der Waals surface area contributed by atoms with Crippen molar-refractivity contribution in [3.63, 3.8) is 0 Å². The predicted octanol–water partition coefficient (Wildman–Crippen LogP) is 4.95. The fourth-order valence-corrected chi connectivity index (χ4v) is 3.37. The van der Waals surface area contributed by atoms with Crippen LogP contribution in [0.5, 0.6) is 0 Å². The maximum absolute atomic E-state index is 13.4. The number of benzene rings is 1. The van der Waals surface area contributed by atoms with E-state index in [1.807, 2.05) is 0 Å². The third-order valence-corrected chi connectivity index (χ3v) is 4.76. The second kappa shape index (κ2) is 8.95. The Morgan fingerprint density at radius 1 is 1.17 bits per heavy atom. The topological polar surface area (TPSA) is 15.3 Å². The van der Waals surface area contributed by atoms with Crippen molar-refractivity contribution in [2.45, 2.75) is 31.5 Å². The van der Waals surface area contributed by atoms with Crippen molar-refractivity contribution in [2.75, 3.05) is 26.2 Å². The van der Waals surface area contributed by atoms with Gasteiger partial charge < -0.3 is 5.32 Å². The van der Waals surface area contributed by atoms with Gasteiger partial charge in [-0.05, 0) is 30.0 Å². The molecule has 8 heteroatoms. The third-order valence-electron chi connectivity index (χ3n) is 4.53. The summed E-state index contributed by atoms with van der Waals surface area (Å²) in [5.74, 6) is 0.566. The maximum atomic E-state index is 13.4. The van der Waals surface area contributed by atoms with Gasteiger partial charge in [0.05, 0.1) is 5.56 Å². The van der Waals surface area contributed by atoms with E-state index < -0.39 is 11.7 Å². The van der Waals surface area contributed by atoms with Crippen molar-refractivity contribution < 1.29 is 13.2 Å². The van der Waals surface area contributed by atoms with Crippen molar-refractivity contribution in [1.82, 2.24) is 10.2 Å². The van der Waals surface area contributed by atoms with Crippen LogP contribution in [0, 0.1) is 5.92 Å². The van der Waals surface area contributed by atoms with E-state index in [0.29, 0.717) is 11.5 Å². The lowest BCUT2D eigenvalue weighted by Gasteiger charge is -2.36. The Hall–Kier alpha value is -0.200. The van der Waals surface area contributed by atoms with Crippen LogP contribution in [0.15, 0.2) is 18.2 Å². The van der Waals surface area contributed by atoms with Crippen LogP contribution in [0.2, 0.25) is 5.02 Å². The molecular weight excluding hydrogens is 384 g/mol. The number of halogens is 6. The van der Waals surface area contributed by atoms with E-state index in [1.54, 1.807) is 12.1 Å². The lowest BCUT2D eigenvalue weighted by molar-refractivity contribution is -0.138. The van der Waals surface area contributed by atoms with E-state index in [4.69, 9.17) is 11.6 Å². The van der Waals surface area contributed by atoms with Crippen molar-refractivity contribution in [1.29, 1.82) is 0 Å². The van der Waals surface area contributed by atoms with Gasteiger partial charge in [0.15, 0.2) is 0 Å². The summed E-state index contributed by atoms with van der Waals surface area (Å²) in [6.07, 6.45) is -1.28. The molecule has 0 aromatic heterocycles. The summed E-state index contributed by atoms with van der Waals surface area (Å²) in [4.78, 5) is 2.19. The summed E-state index contributed by atoms with van der Waals surface area (Å²) in [6.45, 7) is 3.24. The SMILES string of the molecule is Cl.Cl.FC(F)(F)c1cc(Cl)ccc1[C@@H](CC1CC1)N1CCNCC1. The van der Waals surface area contributed by atoms with Gasteiger partial charge in [0, 0.05) is 37.2 Å². The number of rotatable bonds is 4. The molecule has 24 heavy (non-hydrogen) atoms. The van der Waals surface area contributed by atoms with Crippen LogP contribution in [0.3, 0.4) is 0 Å². The van der Waals surface area contributed by atoms with Gasteiger partial charge in [-0.3, -0.25) is 4.90 Å². The minimum absolute atomic E-state index is 0. The number of alkyl halides is 3. The Morgan fingerprint density at radius 3 is 2.33 bits per heavy atom. The Bertz CT molecular complexity index is 530. The second-order valence-corrected chi connectivity index (χ2v) is 6.65. The fourth-order valence-electron chi connectivity index (χ4n) is 3.20. The summed E-state index contributed by atoms with van der Waals surface area (Å²) in [7, 11) is 0. The smallest absolute Gasteiger partial charge is 0.314 e. The summed E-state index contributed by atoms with van der Waals surface area (Å²) < 4.78 is 40.3. The standard InChI is InChI=1S/C16H20ClF3N2.2ClH/c17-12-3-4-13(14(10-12)16(18,19)20)15(9-11-1-2-11)22-7-5-21-6-8-22;;/h3-4,10-11,15,21H,1-2,5-9H2;2*1H/t15-;;/m1../s1. The maximum Gasteiger partial charge on any atom is 0.416 e. The molecule has 138 valence electrons. The van der Waals surface area contributed by atoms with Crippen LogP contribution in [0.1, 0.15) is 36.4 Å². The van der Waals surface area contributed by atoms with Crippen LogP contribution in [0.25, 0.3) is 0 Å². The zero-order valence-corrected chi connectivity index (χ0v) is 15.5. The first kappa shape index (κ1) is 21.8. The van der Waals surface area contributed by atoms with Gasteiger partial charge in [0.1, 0.15) is 0 Å². The molecule has 1 saturated heterocycles. The molecule has 2 fully saturated rings. The van der Waals surface area contributed by atoms with E-state index in [1.165, 1.54) is 0 Å². The minimum Gasteiger partial charge on any atom is -0.314 e. The van der Waals surface area contributed by atoms with Gasteiger partial charge in [0.2, 0.25) is 0 Å². The molecule has 2 nitrogen and oxygen atoms in total. The van der Waals surface area contributed by atoms with Crippen molar-refractivity contribution in [3.8, 4) is 0 Å². The Balaban J connectivity index is 0.00000144. The molecule has 1 aromatic rings. The average Bonchev–Trinajstić information content (AvgIpc) is 3.29. The molecule has 1 aliphatic heterocycles. The minimum atomic E-state index is -4.37. The van der Waals surface area contributed by atoms with Gasteiger partial charge in [-0.25, -0.2) is 0 Å². The summed E-state index contributed by atoms with van der Waals surface area (Å²) in [6, 6.07) is 4.05. The first-order chi connectivity index (χ1) is 10.4. The van der Waals surface area contributed by atoms with Gasteiger partial charge in [-0.2, -0.15) is 13.2 Å². The zero-order chi connectivity index (χ0) is 15.7. The van der Waals surface area contributed by atoms with E-state index in [2.05, 4.69) is 10.2 Å². The van der Waals surface area contributed by atoms with Gasteiger partial charge in [-0.1, -0.05) is 30.5 Å². The highest BCUT2D eigenvalue weighted by Crippen LogP contribution is 2.44. The molecular formula is C16H22Cl3F3N2. The molecule has 0 amide bonds. The average molecular weight is 406 g/mol. The largest absolute Gasteiger partial charge is 0.416 e. The number of piperazine rings is 1. The predicted molar refractivity (Wildman–Crippen MR) is 95.5 cm³/mol. The quantitative estimate of drug-likeness (QED) is 0.762.